The molecule has 80 valence electrons. The topological polar surface area (TPSA) is 41.1 Å². The smallest absolute Gasteiger partial charge is 0.237 e. The maximum atomic E-state index is 11.5. The molecule has 1 unspecified atom stereocenters. The summed E-state index contributed by atoms with van der Waals surface area (Å²) < 4.78 is 1.06. The zero-order chi connectivity index (χ0) is 10.7. The molecule has 1 fully saturated rings. The fourth-order valence-corrected chi connectivity index (χ4v) is 1.93. The van der Waals surface area contributed by atoms with Crippen LogP contribution in [0.25, 0.3) is 0 Å². The quantitative estimate of drug-likeness (QED) is 0.843. The van der Waals surface area contributed by atoms with Crippen LogP contribution >= 0.6 is 15.9 Å². The van der Waals surface area contributed by atoms with Crippen LogP contribution in [0.3, 0.4) is 0 Å². The van der Waals surface area contributed by atoms with Crippen LogP contribution in [0.5, 0.6) is 0 Å². The summed E-state index contributed by atoms with van der Waals surface area (Å²) in [4.78, 5) is 11.5. The molecule has 1 heterocycles. The number of hydrogen-bond acceptors (Lipinski definition) is 2. The van der Waals surface area contributed by atoms with Crippen LogP contribution in [-0.4, -0.2) is 25.0 Å². The zero-order valence-corrected chi connectivity index (χ0v) is 9.88. The fourth-order valence-electron chi connectivity index (χ4n) is 1.67. The minimum Gasteiger partial charge on any atom is -0.353 e. The lowest BCUT2D eigenvalue weighted by Gasteiger charge is -2.23. The highest BCUT2D eigenvalue weighted by atomic mass is 79.9. The minimum absolute atomic E-state index is 0.0834. The summed E-state index contributed by atoms with van der Waals surface area (Å²) in [6, 6.07) is 7.98. The molecular formula is C11H13BrN2O. The number of hydrogen-bond donors (Lipinski definition) is 2. The van der Waals surface area contributed by atoms with E-state index in [-0.39, 0.29) is 11.9 Å². The Kier molecular flexibility index (Phi) is 3.38. The van der Waals surface area contributed by atoms with E-state index < -0.39 is 0 Å². The van der Waals surface area contributed by atoms with Crippen LogP contribution in [0.15, 0.2) is 28.7 Å². The molecule has 2 rings (SSSR count). The Morgan fingerprint density at radius 3 is 2.67 bits per heavy atom. The molecule has 0 radical (unpaired) electrons. The third kappa shape index (κ3) is 2.79. The first-order chi connectivity index (χ1) is 7.25. The van der Waals surface area contributed by atoms with Gasteiger partial charge in [0.1, 0.15) is 0 Å². The van der Waals surface area contributed by atoms with Crippen molar-refractivity contribution in [1.82, 2.24) is 10.6 Å². The highest BCUT2D eigenvalue weighted by Gasteiger charge is 2.21. The molecule has 15 heavy (non-hydrogen) atoms. The van der Waals surface area contributed by atoms with E-state index in [4.69, 9.17) is 0 Å². The number of rotatable bonds is 2. The average molecular weight is 269 g/mol. The van der Waals surface area contributed by atoms with E-state index in [0.717, 1.165) is 24.0 Å². The van der Waals surface area contributed by atoms with Crippen molar-refractivity contribution in [2.45, 2.75) is 12.5 Å². The van der Waals surface area contributed by atoms with Crippen LogP contribution in [0.1, 0.15) is 5.56 Å². The van der Waals surface area contributed by atoms with Gasteiger partial charge in [0.15, 0.2) is 0 Å². The number of carbonyl (C=O) groups excluding carboxylic acids is 1. The first-order valence-corrected chi connectivity index (χ1v) is 5.80. The lowest BCUT2D eigenvalue weighted by molar-refractivity contribution is -0.124. The number of piperazine rings is 1. The van der Waals surface area contributed by atoms with Crippen molar-refractivity contribution < 1.29 is 4.79 Å². The molecule has 3 nitrogen and oxygen atoms in total. The normalized spacial score (nSPS) is 21.1. The van der Waals surface area contributed by atoms with E-state index in [1.807, 2.05) is 24.3 Å². The maximum absolute atomic E-state index is 11.5. The van der Waals surface area contributed by atoms with Crippen LogP contribution < -0.4 is 10.6 Å². The van der Waals surface area contributed by atoms with Gasteiger partial charge in [-0.1, -0.05) is 28.1 Å². The van der Waals surface area contributed by atoms with E-state index in [1.165, 1.54) is 5.56 Å². The first-order valence-electron chi connectivity index (χ1n) is 5.01. The Labute approximate surface area is 97.4 Å². The van der Waals surface area contributed by atoms with Crippen molar-refractivity contribution in [2.75, 3.05) is 13.1 Å². The molecule has 1 saturated heterocycles. The standard InChI is InChI=1S/C11H13BrN2O/c12-9-3-1-8(2-4-9)7-10-11(15)14-6-5-13-10/h1-4,10,13H,5-7H2,(H,14,15). The molecule has 0 spiro atoms. The molecule has 4 heteroatoms. The molecule has 0 bridgehead atoms. The van der Waals surface area contributed by atoms with E-state index in [1.54, 1.807) is 0 Å². The molecule has 1 aliphatic heterocycles. The number of carbonyl (C=O) groups is 1. The SMILES string of the molecule is O=C1NCCNC1Cc1ccc(Br)cc1. The number of amides is 1. The molecule has 0 aliphatic carbocycles. The molecule has 1 atom stereocenters. The highest BCUT2D eigenvalue weighted by molar-refractivity contribution is 9.10. The second kappa shape index (κ2) is 4.77. The van der Waals surface area contributed by atoms with Gasteiger partial charge < -0.3 is 10.6 Å². The minimum atomic E-state index is -0.0834. The Hall–Kier alpha value is -0.870. The van der Waals surface area contributed by atoms with E-state index in [0.29, 0.717) is 0 Å². The molecule has 0 aromatic heterocycles. The van der Waals surface area contributed by atoms with Crippen LogP contribution in [-0.2, 0) is 11.2 Å². The van der Waals surface area contributed by atoms with Gasteiger partial charge in [-0.25, -0.2) is 0 Å². The molecule has 1 amide bonds. The Bertz CT molecular complexity index is 350. The summed E-state index contributed by atoms with van der Waals surface area (Å²) in [6.45, 7) is 1.59. The molecular weight excluding hydrogens is 256 g/mol. The second-order valence-corrected chi connectivity index (χ2v) is 4.54. The van der Waals surface area contributed by atoms with Crippen LogP contribution in [0.2, 0.25) is 0 Å². The van der Waals surface area contributed by atoms with Gasteiger partial charge in [0, 0.05) is 17.6 Å². The van der Waals surface area contributed by atoms with E-state index in [2.05, 4.69) is 26.6 Å². The van der Waals surface area contributed by atoms with Gasteiger partial charge in [0.25, 0.3) is 0 Å². The van der Waals surface area contributed by atoms with Crippen molar-refractivity contribution in [3.63, 3.8) is 0 Å². The summed E-state index contributed by atoms with van der Waals surface area (Å²) in [5.41, 5.74) is 1.17. The largest absolute Gasteiger partial charge is 0.353 e. The van der Waals surface area contributed by atoms with Gasteiger partial charge in [0.2, 0.25) is 5.91 Å². The lowest BCUT2D eigenvalue weighted by Crippen LogP contribution is -2.53. The summed E-state index contributed by atoms with van der Waals surface area (Å²) in [5.74, 6) is 0.101. The maximum Gasteiger partial charge on any atom is 0.237 e. The Balaban J connectivity index is 2.01. The van der Waals surface area contributed by atoms with Crippen LogP contribution in [0, 0.1) is 0 Å². The second-order valence-electron chi connectivity index (χ2n) is 3.63. The van der Waals surface area contributed by atoms with Gasteiger partial charge in [-0.2, -0.15) is 0 Å². The molecule has 1 aromatic rings. The summed E-state index contributed by atoms with van der Waals surface area (Å²) in [6.07, 6.45) is 0.749. The Morgan fingerprint density at radius 2 is 2.00 bits per heavy atom. The van der Waals surface area contributed by atoms with Crippen molar-refractivity contribution in [3.8, 4) is 0 Å². The third-order valence-corrected chi connectivity index (χ3v) is 3.01. The molecule has 1 aromatic carbocycles. The number of nitrogens with one attached hydrogen (secondary N) is 2. The molecule has 1 aliphatic rings. The van der Waals surface area contributed by atoms with E-state index in [9.17, 15) is 4.79 Å². The lowest BCUT2D eigenvalue weighted by atomic mass is 10.0. The fraction of sp³-hybridized carbons (Fsp3) is 0.364. The number of halogens is 1. The van der Waals surface area contributed by atoms with Gasteiger partial charge in [0.05, 0.1) is 6.04 Å². The average Bonchev–Trinajstić information content (AvgIpc) is 2.25. The van der Waals surface area contributed by atoms with Crippen molar-refractivity contribution in [3.05, 3.63) is 34.3 Å². The monoisotopic (exact) mass is 268 g/mol. The van der Waals surface area contributed by atoms with Gasteiger partial charge in [-0.3, -0.25) is 4.79 Å². The highest BCUT2D eigenvalue weighted by Crippen LogP contribution is 2.12. The summed E-state index contributed by atoms with van der Waals surface area (Å²) in [7, 11) is 0. The van der Waals surface area contributed by atoms with Crippen molar-refractivity contribution >= 4 is 21.8 Å². The Morgan fingerprint density at radius 1 is 1.27 bits per heavy atom. The summed E-state index contributed by atoms with van der Waals surface area (Å²) >= 11 is 3.39. The molecule has 2 N–H and O–H groups in total. The first kappa shape index (κ1) is 10.6. The summed E-state index contributed by atoms with van der Waals surface area (Å²) in [5, 5.41) is 6.06. The van der Waals surface area contributed by atoms with Crippen molar-refractivity contribution in [2.24, 2.45) is 0 Å². The molecule has 0 saturated carbocycles. The van der Waals surface area contributed by atoms with Gasteiger partial charge in [-0.05, 0) is 24.1 Å². The predicted molar refractivity (Wildman–Crippen MR) is 62.6 cm³/mol. The van der Waals surface area contributed by atoms with E-state index >= 15 is 0 Å². The number of benzene rings is 1. The third-order valence-electron chi connectivity index (χ3n) is 2.48. The van der Waals surface area contributed by atoms with Crippen LogP contribution in [0.4, 0.5) is 0 Å². The zero-order valence-electron chi connectivity index (χ0n) is 8.29. The van der Waals surface area contributed by atoms with Crippen molar-refractivity contribution in [1.29, 1.82) is 0 Å². The van der Waals surface area contributed by atoms with Gasteiger partial charge >= 0.3 is 0 Å². The predicted octanol–water partition coefficient (Wildman–Crippen LogP) is 1.08. The van der Waals surface area contributed by atoms with Gasteiger partial charge in [-0.15, -0.1) is 0 Å².